The van der Waals surface area contributed by atoms with Crippen molar-refractivity contribution in [3.05, 3.63) is 71.9 Å². The van der Waals surface area contributed by atoms with Crippen molar-refractivity contribution in [2.45, 2.75) is 18.6 Å². The summed E-state index contributed by atoms with van der Waals surface area (Å²) in [5.74, 6) is 0.121. The van der Waals surface area contributed by atoms with Crippen LogP contribution in [0.5, 0.6) is 0 Å². The maximum absolute atomic E-state index is 10.8. The zero-order chi connectivity index (χ0) is 14.7. The lowest BCUT2D eigenvalue weighted by Gasteiger charge is -2.25. The Labute approximate surface area is 128 Å². The minimum absolute atomic E-state index is 0.121. The number of rotatable bonds is 1. The van der Waals surface area contributed by atoms with Gasteiger partial charge in [0.2, 0.25) is 0 Å². The van der Waals surface area contributed by atoms with E-state index in [9.17, 15) is 5.11 Å². The van der Waals surface area contributed by atoms with Gasteiger partial charge < -0.3 is 9.67 Å². The fourth-order valence-corrected chi connectivity index (χ4v) is 4.08. The molecule has 0 saturated carbocycles. The summed E-state index contributed by atoms with van der Waals surface area (Å²) >= 11 is 0. The van der Waals surface area contributed by atoms with Crippen molar-refractivity contribution in [2.24, 2.45) is 5.92 Å². The van der Waals surface area contributed by atoms with E-state index in [2.05, 4.69) is 38.8 Å². The smallest absolute Gasteiger partial charge is 0.0956 e. The topological polar surface area (TPSA) is 50.9 Å². The molecule has 0 amide bonds. The Morgan fingerprint density at radius 1 is 1.05 bits per heavy atom. The summed E-state index contributed by atoms with van der Waals surface area (Å²) in [6, 6.07) is 10.6. The maximum Gasteiger partial charge on any atom is 0.0956 e. The molecule has 0 bridgehead atoms. The van der Waals surface area contributed by atoms with Gasteiger partial charge in [0.1, 0.15) is 0 Å². The summed E-state index contributed by atoms with van der Waals surface area (Å²) in [5.41, 5.74) is 5.83. The molecule has 1 aliphatic carbocycles. The van der Waals surface area contributed by atoms with Gasteiger partial charge in [0.05, 0.1) is 30.4 Å². The quantitative estimate of drug-likeness (QED) is 0.749. The monoisotopic (exact) mass is 289 g/mol. The molecule has 0 fully saturated rings. The SMILES string of the molecule is OC1c2cnccc2C[C@H]1[C@H]1c2ccccc2-c2cncn21. The van der Waals surface area contributed by atoms with Crippen molar-refractivity contribution in [3.63, 3.8) is 0 Å². The van der Waals surface area contributed by atoms with Gasteiger partial charge in [-0.25, -0.2) is 4.98 Å². The zero-order valence-corrected chi connectivity index (χ0v) is 11.9. The summed E-state index contributed by atoms with van der Waals surface area (Å²) in [6.07, 6.45) is 7.79. The van der Waals surface area contributed by atoms with E-state index in [4.69, 9.17) is 0 Å². The summed E-state index contributed by atoms with van der Waals surface area (Å²) in [6.45, 7) is 0. The lowest BCUT2D eigenvalue weighted by molar-refractivity contribution is 0.101. The molecule has 22 heavy (non-hydrogen) atoms. The average Bonchev–Trinajstić information content (AvgIpc) is 3.21. The van der Waals surface area contributed by atoms with E-state index < -0.39 is 6.10 Å². The molecular weight excluding hydrogens is 274 g/mol. The zero-order valence-electron chi connectivity index (χ0n) is 11.9. The summed E-state index contributed by atoms with van der Waals surface area (Å²) < 4.78 is 2.21. The standard InChI is InChI=1S/C18H15N3O/c22-18-14(7-11-5-6-19-8-15(11)18)17-13-4-2-1-3-12(13)16-9-20-10-21(16)17/h1-6,8-10,14,17-18,22H,7H2/t14-,17+,18?/m0/s1. The summed E-state index contributed by atoms with van der Waals surface area (Å²) in [7, 11) is 0. The van der Waals surface area contributed by atoms with Crippen molar-refractivity contribution < 1.29 is 5.11 Å². The van der Waals surface area contributed by atoms with Gasteiger partial charge in [0.15, 0.2) is 0 Å². The highest BCUT2D eigenvalue weighted by Gasteiger charge is 2.42. The number of imidazole rings is 1. The van der Waals surface area contributed by atoms with Gasteiger partial charge in [-0.15, -0.1) is 0 Å². The Morgan fingerprint density at radius 2 is 1.95 bits per heavy atom. The van der Waals surface area contributed by atoms with E-state index in [0.717, 1.165) is 17.7 Å². The second kappa shape index (κ2) is 4.27. The Balaban J connectivity index is 1.66. The molecule has 0 spiro atoms. The highest BCUT2D eigenvalue weighted by molar-refractivity contribution is 5.69. The number of aliphatic hydroxyl groups excluding tert-OH is 1. The predicted molar refractivity (Wildman–Crippen MR) is 82.2 cm³/mol. The fourth-order valence-electron chi connectivity index (χ4n) is 4.08. The fraction of sp³-hybridized carbons (Fsp3) is 0.222. The number of nitrogens with zero attached hydrogens (tertiary/aromatic N) is 3. The molecule has 1 aromatic carbocycles. The third kappa shape index (κ3) is 1.45. The van der Waals surface area contributed by atoms with Crippen LogP contribution in [0.1, 0.15) is 28.8 Å². The van der Waals surface area contributed by atoms with Crippen LogP contribution in [0.3, 0.4) is 0 Å². The largest absolute Gasteiger partial charge is 0.388 e. The van der Waals surface area contributed by atoms with Crippen LogP contribution in [0.25, 0.3) is 11.3 Å². The first kappa shape index (κ1) is 12.1. The van der Waals surface area contributed by atoms with E-state index in [1.807, 2.05) is 18.6 Å². The molecule has 4 heteroatoms. The third-order valence-corrected chi connectivity index (χ3v) is 5.05. The van der Waals surface area contributed by atoms with Crippen molar-refractivity contribution in [3.8, 4) is 11.3 Å². The van der Waals surface area contributed by atoms with Crippen LogP contribution >= 0.6 is 0 Å². The van der Waals surface area contributed by atoms with Gasteiger partial charge in [0.25, 0.3) is 0 Å². The van der Waals surface area contributed by atoms with E-state index in [0.29, 0.717) is 0 Å². The van der Waals surface area contributed by atoms with Gasteiger partial charge >= 0.3 is 0 Å². The van der Waals surface area contributed by atoms with Crippen LogP contribution in [-0.2, 0) is 6.42 Å². The highest BCUT2D eigenvalue weighted by Crippen LogP contribution is 2.50. The molecular formula is C18H15N3O. The molecule has 0 saturated heterocycles. The van der Waals surface area contributed by atoms with Crippen molar-refractivity contribution in [2.75, 3.05) is 0 Å². The first-order valence-electron chi connectivity index (χ1n) is 7.56. The van der Waals surface area contributed by atoms with Crippen LogP contribution in [0.4, 0.5) is 0 Å². The van der Waals surface area contributed by atoms with Gasteiger partial charge in [-0.1, -0.05) is 24.3 Å². The van der Waals surface area contributed by atoms with Crippen LogP contribution in [0.15, 0.2) is 55.2 Å². The van der Waals surface area contributed by atoms with E-state index in [1.165, 1.54) is 16.7 Å². The molecule has 1 aliphatic heterocycles. The number of benzene rings is 1. The third-order valence-electron chi connectivity index (χ3n) is 5.05. The van der Waals surface area contributed by atoms with Gasteiger partial charge in [-0.2, -0.15) is 0 Å². The summed E-state index contributed by atoms with van der Waals surface area (Å²) in [4.78, 5) is 8.47. The number of hydrogen-bond donors (Lipinski definition) is 1. The van der Waals surface area contributed by atoms with Gasteiger partial charge in [0, 0.05) is 29.4 Å². The maximum atomic E-state index is 10.8. The van der Waals surface area contributed by atoms with Crippen molar-refractivity contribution in [1.29, 1.82) is 0 Å². The molecule has 1 unspecified atom stereocenters. The Kier molecular flexibility index (Phi) is 2.35. The average molecular weight is 289 g/mol. The second-order valence-electron chi connectivity index (χ2n) is 6.11. The van der Waals surface area contributed by atoms with E-state index in [1.54, 1.807) is 12.4 Å². The Hall–Kier alpha value is -2.46. The second-order valence-corrected chi connectivity index (χ2v) is 6.11. The molecule has 3 heterocycles. The highest BCUT2D eigenvalue weighted by atomic mass is 16.3. The van der Waals surface area contributed by atoms with E-state index in [-0.39, 0.29) is 12.0 Å². The van der Waals surface area contributed by atoms with Crippen LogP contribution in [-0.4, -0.2) is 19.6 Å². The molecule has 5 rings (SSSR count). The minimum Gasteiger partial charge on any atom is -0.388 e. The first-order chi connectivity index (χ1) is 10.8. The lowest BCUT2D eigenvalue weighted by atomic mass is 9.88. The van der Waals surface area contributed by atoms with Crippen molar-refractivity contribution in [1.82, 2.24) is 14.5 Å². The Bertz CT molecular complexity index is 870. The normalized spacial score (nSPS) is 24.9. The molecule has 4 nitrogen and oxygen atoms in total. The molecule has 3 atom stereocenters. The van der Waals surface area contributed by atoms with Gasteiger partial charge in [-0.05, 0) is 23.6 Å². The molecule has 2 aromatic heterocycles. The molecule has 3 aromatic rings. The van der Waals surface area contributed by atoms with Crippen LogP contribution < -0.4 is 0 Å². The van der Waals surface area contributed by atoms with Crippen molar-refractivity contribution >= 4 is 0 Å². The first-order valence-corrected chi connectivity index (χ1v) is 7.56. The molecule has 1 N–H and O–H groups in total. The minimum atomic E-state index is -0.477. The van der Waals surface area contributed by atoms with Crippen LogP contribution in [0.2, 0.25) is 0 Å². The Morgan fingerprint density at radius 3 is 2.86 bits per heavy atom. The number of fused-ring (bicyclic) bond motifs is 4. The predicted octanol–water partition coefficient (Wildman–Crippen LogP) is 2.75. The lowest BCUT2D eigenvalue weighted by Crippen LogP contribution is -2.21. The number of aromatic nitrogens is 3. The molecule has 2 aliphatic rings. The number of hydrogen-bond acceptors (Lipinski definition) is 3. The van der Waals surface area contributed by atoms with Crippen LogP contribution in [0, 0.1) is 5.92 Å². The summed E-state index contributed by atoms with van der Waals surface area (Å²) in [5, 5.41) is 10.8. The number of pyridine rings is 1. The van der Waals surface area contributed by atoms with Gasteiger partial charge in [-0.3, -0.25) is 4.98 Å². The van der Waals surface area contributed by atoms with E-state index >= 15 is 0 Å². The molecule has 108 valence electrons. The molecule has 0 radical (unpaired) electrons. The number of aliphatic hydroxyl groups is 1.